The summed E-state index contributed by atoms with van der Waals surface area (Å²) in [5, 5.41) is 3.26. The zero-order valence-electron chi connectivity index (χ0n) is 13.2. The van der Waals surface area contributed by atoms with E-state index in [4.69, 9.17) is 16.3 Å². The van der Waals surface area contributed by atoms with Gasteiger partial charge >= 0.3 is 0 Å². The number of rotatable bonds is 6. The Morgan fingerprint density at radius 2 is 2.09 bits per heavy atom. The van der Waals surface area contributed by atoms with E-state index in [1.165, 1.54) is 0 Å². The first kappa shape index (κ1) is 18.0. The second-order valence-electron chi connectivity index (χ2n) is 5.59. The molecule has 1 fully saturated rings. The van der Waals surface area contributed by atoms with Crippen LogP contribution in [0.5, 0.6) is 0 Å². The summed E-state index contributed by atoms with van der Waals surface area (Å²) in [5.74, 6) is -0.360. The zero-order valence-corrected chi connectivity index (χ0v) is 14.7. The van der Waals surface area contributed by atoms with Crippen LogP contribution in [0.15, 0.2) is 24.3 Å². The van der Waals surface area contributed by atoms with Gasteiger partial charge in [-0.2, -0.15) is 0 Å². The van der Waals surface area contributed by atoms with Crippen LogP contribution in [0.4, 0.5) is 5.69 Å². The van der Waals surface area contributed by atoms with E-state index in [0.717, 1.165) is 23.4 Å². The molecule has 128 valence electrons. The van der Waals surface area contributed by atoms with Gasteiger partial charge in [0, 0.05) is 18.2 Å². The fraction of sp³-hybridized carbons (Fsp3) is 0.533. The molecule has 2 atom stereocenters. The molecule has 1 aromatic rings. The van der Waals surface area contributed by atoms with Crippen LogP contribution >= 0.6 is 11.6 Å². The van der Waals surface area contributed by atoms with Crippen molar-refractivity contribution in [1.29, 1.82) is 0 Å². The van der Waals surface area contributed by atoms with Gasteiger partial charge in [-0.3, -0.25) is 9.10 Å². The van der Waals surface area contributed by atoms with Crippen molar-refractivity contribution in [3.63, 3.8) is 0 Å². The van der Waals surface area contributed by atoms with Crippen molar-refractivity contribution in [2.24, 2.45) is 0 Å². The van der Waals surface area contributed by atoms with E-state index in [-0.39, 0.29) is 12.0 Å². The van der Waals surface area contributed by atoms with Crippen LogP contribution in [0.1, 0.15) is 19.8 Å². The SMILES string of the molecule is C[C@@H](C(=O)NC[C@@H]1CCCO1)N(c1ccc(Cl)cc1)S(C)(=O)=O. The first-order chi connectivity index (χ1) is 10.8. The highest BCUT2D eigenvalue weighted by atomic mass is 35.5. The van der Waals surface area contributed by atoms with Gasteiger partial charge in [-0.15, -0.1) is 0 Å². The number of benzene rings is 1. The molecule has 0 bridgehead atoms. The summed E-state index contributed by atoms with van der Waals surface area (Å²) in [4.78, 5) is 12.3. The van der Waals surface area contributed by atoms with Gasteiger partial charge in [0.2, 0.25) is 15.9 Å². The number of hydrogen-bond acceptors (Lipinski definition) is 4. The number of hydrogen-bond donors (Lipinski definition) is 1. The highest BCUT2D eigenvalue weighted by Gasteiger charge is 2.29. The lowest BCUT2D eigenvalue weighted by Crippen LogP contribution is -2.49. The molecule has 0 aromatic heterocycles. The number of sulfonamides is 1. The first-order valence-corrected chi connectivity index (χ1v) is 9.66. The molecule has 0 spiro atoms. The molecule has 1 saturated heterocycles. The maximum Gasteiger partial charge on any atom is 0.243 e. The van der Waals surface area contributed by atoms with Crippen molar-refractivity contribution < 1.29 is 17.9 Å². The molecule has 1 aromatic carbocycles. The Morgan fingerprint density at radius 1 is 1.43 bits per heavy atom. The van der Waals surface area contributed by atoms with Crippen LogP contribution in [0, 0.1) is 0 Å². The fourth-order valence-electron chi connectivity index (χ4n) is 2.56. The van der Waals surface area contributed by atoms with Crippen LogP contribution in [-0.4, -0.2) is 45.9 Å². The largest absolute Gasteiger partial charge is 0.376 e. The topological polar surface area (TPSA) is 75.7 Å². The highest BCUT2D eigenvalue weighted by Crippen LogP contribution is 2.23. The van der Waals surface area contributed by atoms with Crippen molar-refractivity contribution >= 4 is 33.2 Å². The minimum absolute atomic E-state index is 0.00775. The molecule has 1 aliphatic heterocycles. The molecule has 1 aliphatic rings. The summed E-state index contributed by atoms with van der Waals surface area (Å²) in [6.45, 7) is 2.65. The van der Waals surface area contributed by atoms with Crippen LogP contribution < -0.4 is 9.62 Å². The van der Waals surface area contributed by atoms with Gasteiger partial charge in [-0.25, -0.2) is 8.42 Å². The van der Waals surface area contributed by atoms with E-state index in [2.05, 4.69) is 5.32 Å². The number of nitrogens with one attached hydrogen (secondary N) is 1. The first-order valence-electron chi connectivity index (χ1n) is 7.43. The summed E-state index contributed by atoms with van der Waals surface area (Å²) in [7, 11) is -3.61. The predicted molar refractivity (Wildman–Crippen MR) is 90.2 cm³/mol. The normalized spacial score (nSPS) is 19.3. The molecule has 0 saturated carbocycles. The second kappa shape index (κ2) is 7.51. The fourth-order valence-corrected chi connectivity index (χ4v) is 3.87. The number of amides is 1. The molecule has 0 radical (unpaired) electrons. The van der Waals surface area contributed by atoms with Gasteiger partial charge in [0.05, 0.1) is 18.0 Å². The zero-order chi connectivity index (χ0) is 17.0. The number of carbonyl (C=O) groups excluding carboxylic acids is 1. The maximum absolute atomic E-state index is 12.3. The van der Waals surface area contributed by atoms with Gasteiger partial charge in [0.15, 0.2) is 0 Å². The summed E-state index contributed by atoms with van der Waals surface area (Å²) in [5.41, 5.74) is 0.400. The lowest BCUT2D eigenvalue weighted by molar-refractivity contribution is -0.122. The Balaban J connectivity index is 2.11. The number of nitrogens with zero attached hydrogens (tertiary/aromatic N) is 1. The third-order valence-corrected chi connectivity index (χ3v) is 5.19. The van der Waals surface area contributed by atoms with Gasteiger partial charge in [0.25, 0.3) is 0 Å². The summed E-state index contributed by atoms with van der Waals surface area (Å²) < 4.78 is 30.8. The molecular weight excluding hydrogens is 340 g/mol. The molecule has 1 N–H and O–H groups in total. The van der Waals surface area contributed by atoms with Crippen molar-refractivity contribution in [2.45, 2.75) is 31.9 Å². The van der Waals surface area contributed by atoms with Crippen molar-refractivity contribution in [1.82, 2.24) is 5.32 Å². The van der Waals surface area contributed by atoms with Crippen molar-refractivity contribution in [3.05, 3.63) is 29.3 Å². The molecule has 8 heteroatoms. The van der Waals surface area contributed by atoms with E-state index in [1.807, 2.05) is 0 Å². The highest BCUT2D eigenvalue weighted by molar-refractivity contribution is 7.92. The predicted octanol–water partition coefficient (Wildman–Crippen LogP) is 1.79. The second-order valence-corrected chi connectivity index (χ2v) is 7.89. The van der Waals surface area contributed by atoms with Gasteiger partial charge in [-0.1, -0.05) is 11.6 Å². The van der Waals surface area contributed by atoms with Crippen LogP contribution in [0.2, 0.25) is 5.02 Å². The Kier molecular flexibility index (Phi) is 5.89. The standard InChI is InChI=1S/C15H21ClN2O4S/c1-11(15(19)17-10-14-4-3-9-22-14)18(23(2,20)21)13-7-5-12(16)6-8-13/h5-8,11,14H,3-4,9-10H2,1-2H3,(H,17,19)/t11-,14-/m0/s1. The van der Waals surface area contributed by atoms with E-state index < -0.39 is 16.1 Å². The smallest absolute Gasteiger partial charge is 0.243 e. The van der Waals surface area contributed by atoms with E-state index in [0.29, 0.717) is 23.9 Å². The average Bonchev–Trinajstić information content (AvgIpc) is 2.99. The molecule has 0 unspecified atom stereocenters. The van der Waals surface area contributed by atoms with Crippen LogP contribution in [0.25, 0.3) is 0 Å². The van der Waals surface area contributed by atoms with Gasteiger partial charge in [-0.05, 0) is 44.0 Å². The average molecular weight is 361 g/mol. The summed E-state index contributed by atoms with van der Waals surface area (Å²) in [6.07, 6.45) is 2.97. The van der Waals surface area contributed by atoms with Gasteiger partial charge < -0.3 is 10.1 Å². The van der Waals surface area contributed by atoms with E-state index in [1.54, 1.807) is 31.2 Å². The Labute approximate surface area is 141 Å². The number of anilines is 1. The molecule has 2 rings (SSSR count). The van der Waals surface area contributed by atoms with Crippen LogP contribution in [0.3, 0.4) is 0 Å². The lowest BCUT2D eigenvalue weighted by atomic mass is 10.2. The molecule has 23 heavy (non-hydrogen) atoms. The molecule has 1 heterocycles. The van der Waals surface area contributed by atoms with Gasteiger partial charge in [0.1, 0.15) is 6.04 Å². The molecule has 0 aliphatic carbocycles. The maximum atomic E-state index is 12.3. The Bertz CT molecular complexity index is 642. The monoisotopic (exact) mass is 360 g/mol. The Morgan fingerprint density at radius 3 is 2.61 bits per heavy atom. The number of halogens is 1. The number of carbonyl (C=O) groups is 1. The lowest BCUT2D eigenvalue weighted by Gasteiger charge is -2.28. The Hall–Kier alpha value is -1.31. The molecule has 1 amide bonds. The molecular formula is C15H21ClN2O4S. The third-order valence-electron chi connectivity index (χ3n) is 3.70. The minimum atomic E-state index is -3.61. The van der Waals surface area contributed by atoms with Crippen molar-refractivity contribution in [2.75, 3.05) is 23.7 Å². The van der Waals surface area contributed by atoms with Crippen LogP contribution in [-0.2, 0) is 19.6 Å². The summed E-state index contributed by atoms with van der Waals surface area (Å²) >= 11 is 5.83. The minimum Gasteiger partial charge on any atom is -0.376 e. The third kappa shape index (κ3) is 4.83. The molecule has 6 nitrogen and oxygen atoms in total. The van der Waals surface area contributed by atoms with Crippen molar-refractivity contribution in [3.8, 4) is 0 Å². The number of ether oxygens (including phenoxy) is 1. The van der Waals surface area contributed by atoms with E-state index in [9.17, 15) is 13.2 Å². The quantitative estimate of drug-likeness (QED) is 0.839. The summed E-state index contributed by atoms with van der Waals surface area (Å²) in [6, 6.07) is 5.46. The van der Waals surface area contributed by atoms with E-state index >= 15 is 0 Å².